The van der Waals surface area contributed by atoms with Crippen molar-refractivity contribution < 1.29 is 5.11 Å². The summed E-state index contributed by atoms with van der Waals surface area (Å²) < 4.78 is 2.52. The van der Waals surface area contributed by atoms with Crippen molar-refractivity contribution in [2.45, 2.75) is 44.2 Å². The summed E-state index contributed by atoms with van der Waals surface area (Å²) in [6.45, 7) is 0. The quantitative estimate of drug-likeness (QED) is 0.824. The molecule has 4 rings (SSSR count). The van der Waals surface area contributed by atoms with Crippen molar-refractivity contribution in [2.24, 2.45) is 0 Å². The molecule has 2 heteroatoms. The van der Waals surface area contributed by atoms with Gasteiger partial charge in [0.2, 0.25) is 0 Å². The van der Waals surface area contributed by atoms with Gasteiger partial charge in [-0.05, 0) is 43.4 Å². The van der Waals surface area contributed by atoms with Gasteiger partial charge in [-0.2, -0.15) is 0 Å². The highest BCUT2D eigenvalue weighted by molar-refractivity contribution is 5.88. The maximum absolute atomic E-state index is 10.1. The van der Waals surface area contributed by atoms with Crippen LogP contribution in [0.1, 0.15) is 43.0 Å². The second kappa shape index (κ2) is 4.24. The van der Waals surface area contributed by atoms with Gasteiger partial charge in [0, 0.05) is 29.1 Å². The number of hydrogen-bond donors (Lipinski definition) is 1. The van der Waals surface area contributed by atoms with Crippen molar-refractivity contribution in [3.63, 3.8) is 0 Å². The summed E-state index contributed by atoms with van der Waals surface area (Å²) in [5.41, 5.74) is 4.02. The standard InChI is InChI=1S/C17H19NO/c19-13-7-4-10-17-15(11-13)14-8-1-2-9-16(14)18(17)12-5-3-6-12/h1-2,4,8-10,12-13,19H,3,5-7,11H2. The van der Waals surface area contributed by atoms with Gasteiger partial charge in [0.05, 0.1) is 6.10 Å². The van der Waals surface area contributed by atoms with Gasteiger partial charge in [0.15, 0.2) is 0 Å². The van der Waals surface area contributed by atoms with E-state index in [0.29, 0.717) is 6.04 Å². The van der Waals surface area contributed by atoms with Gasteiger partial charge >= 0.3 is 0 Å². The number of aliphatic hydroxyl groups excluding tert-OH is 1. The second-order valence-corrected chi connectivity index (χ2v) is 5.83. The van der Waals surface area contributed by atoms with Crippen molar-refractivity contribution in [2.75, 3.05) is 0 Å². The van der Waals surface area contributed by atoms with E-state index in [4.69, 9.17) is 0 Å². The topological polar surface area (TPSA) is 25.2 Å². The van der Waals surface area contributed by atoms with Crippen molar-refractivity contribution in [3.05, 3.63) is 41.6 Å². The third kappa shape index (κ3) is 1.67. The molecule has 1 fully saturated rings. The molecular formula is C17H19NO. The molecule has 19 heavy (non-hydrogen) atoms. The fourth-order valence-corrected chi connectivity index (χ4v) is 3.44. The second-order valence-electron chi connectivity index (χ2n) is 5.83. The highest BCUT2D eigenvalue weighted by Gasteiger charge is 2.27. The van der Waals surface area contributed by atoms with E-state index < -0.39 is 0 Å². The minimum Gasteiger partial charge on any atom is -0.392 e. The third-order valence-corrected chi connectivity index (χ3v) is 4.62. The zero-order chi connectivity index (χ0) is 12.8. The molecule has 2 aliphatic carbocycles. The zero-order valence-corrected chi connectivity index (χ0v) is 11.0. The molecule has 2 aliphatic rings. The average molecular weight is 253 g/mol. The smallest absolute Gasteiger partial charge is 0.0616 e. The van der Waals surface area contributed by atoms with E-state index in [1.807, 2.05) is 0 Å². The SMILES string of the molecule is OC1CC=Cc2c(c3ccccc3n2C2CCC2)C1. The molecule has 1 aromatic heterocycles. The molecule has 1 heterocycles. The van der Waals surface area contributed by atoms with Gasteiger partial charge in [-0.1, -0.05) is 24.3 Å². The lowest BCUT2D eigenvalue weighted by molar-refractivity contribution is 0.179. The van der Waals surface area contributed by atoms with Gasteiger partial charge in [0.1, 0.15) is 0 Å². The molecule has 0 spiro atoms. The number of rotatable bonds is 1. The summed E-state index contributed by atoms with van der Waals surface area (Å²) in [5.74, 6) is 0. The Kier molecular flexibility index (Phi) is 2.52. The summed E-state index contributed by atoms with van der Waals surface area (Å²) >= 11 is 0. The van der Waals surface area contributed by atoms with Crippen LogP contribution >= 0.6 is 0 Å². The molecule has 0 bridgehead atoms. The minimum absolute atomic E-state index is 0.238. The Labute approximate surface area is 113 Å². The lowest BCUT2D eigenvalue weighted by Crippen LogP contribution is -2.18. The third-order valence-electron chi connectivity index (χ3n) is 4.62. The molecule has 1 atom stereocenters. The summed E-state index contributed by atoms with van der Waals surface area (Å²) in [5, 5.41) is 11.4. The first-order valence-corrected chi connectivity index (χ1v) is 7.31. The van der Waals surface area contributed by atoms with Gasteiger partial charge in [-0.3, -0.25) is 0 Å². The Morgan fingerprint density at radius 3 is 2.79 bits per heavy atom. The van der Waals surface area contributed by atoms with E-state index in [9.17, 15) is 5.11 Å². The van der Waals surface area contributed by atoms with E-state index in [2.05, 4.69) is 41.0 Å². The number of aromatic nitrogens is 1. The van der Waals surface area contributed by atoms with Crippen LogP contribution < -0.4 is 0 Å². The van der Waals surface area contributed by atoms with Gasteiger partial charge in [-0.25, -0.2) is 0 Å². The fourth-order valence-electron chi connectivity index (χ4n) is 3.44. The first kappa shape index (κ1) is 11.3. The maximum Gasteiger partial charge on any atom is 0.0616 e. The van der Waals surface area contributed by atoms with Gasteiger partial charge in [0.25, 0.3) is 0 Å². The molecule has 1 saturated carbocycles. The molecule has 0 saturated heterocycles. The lowest BCUT2D eigenvalue weighted by atomic mass is 9.92. The molecule has 2 nitrogen and oxygen atoms in total. The highest BCUT2D eigenvalue weighted by Crippen LogP contribution is 2.40. The number of benzene rings is 1. The molecule has 1 unspecified atom stereocenters. The molecule has 1 aromatic carbocycles. The van der Waals surface area contributed by atoms with Gasteiger partial charge < -0.3 is 9.67 Å². The first-order chi connectivity index (χ1) is 9.34. The Hall–Kier alpha value is -1.54. The number of hydrogen-bond acceptors (Lipinski definition) is 1. The van der Waals surface area contributed by atoms with Crippen LogP contribution in [0.3, 0.4) is 0 Å². The minimum atomic E-state index is -0.238. The van der Waals surface area contributed by atoms with Crippen LogP contribution in [-0.2, 0) is 6.42 Å². The van der Waals surface area contributed by atoms with Crippen LogP contribution in [0.25, 0.3) is 17.0 Å². The normalized spacial score (nSPS) is 23.1. The Morgan fingerprint density at radius 1 is 1.16 bits per heavy atom. The fraction of sp³-hybridized carbons (Fsp3) is 0.412. The summed E-state index contributed by atoms with van der Waals surface area (Å²) in [6, 6.07) is 9.32. The summed E-state index contributed by atoms with van der Waals surface area (Å²) in [4.78, 5) is 0. The van der Waals surface area contributed by atoms with Crippen LogP contribution in [0.4, 0.5) is 0 Å². The van der Waals surface area contributed by atoms with E-state index >= 15 is 0 Å². The number of para-hydroxylation sites is 1. The highest BCUT2D eigenvalue weighted by atomic mass is 16.3. The Morgan fingerprint density at radius 2 is 2.00 bits per heavy atom. The molecule has 98 valence electrons. The van der Waals surface area contributed by atoms with Gasteiger partial charge in [-0.15, -0.1) is 0 Å². The summed E-state index contributed by atoms with van der Waals surface area (Å²) in [7, 11) is 0. The molecule has 0 aliphatic heterocycles. The van der Waals surface area contributed by atoms with Crippen LogP contribution in [0.2, 0.25) is 0 Å². The lowest BCUT2D eigenvalue weighted by Gasteiger charge is -2.29. The Balaban J connectivity index is 2.01. The van der Waals surface area contributed by atoms with Crippen molar-refractivity contribution in [1.29, 1.82) is 0 Å². The summed E-state index contributed by atoms with van der Waals surface area (Å²) in [6.07, 6.45) is 9.60. The van der Waals surface area contributed by atoms with Crippen LogP contribution in [0.15, 0.2) is 30.3 Å². The maximum atomic E-state index is 10.1. The number of nitrogens with zero attached hydrogens (tertiary/aromatic N) is 1. The van der Waals surface area contributed by atoms with Crippen LogP contribution in [0.5, 0.6) is 0 Å². The first-order valence-electron chi connectivity index (χ1n) is 7.31. The number of fused-ring (bicyclic) bond motifs is 3. The number of aliphatic hydroxyl groups is 1. The average Bonchev–Trinajstić information content (AvgIpc) is 2.53. The van der Waals surface area contributed by atoms with Crippen molar-refractivity contribution in [3.8, 4) is 0 Å². The molecular weight excluding hydrogens is 234 g/mol. The van der Waals surface area contributed by atoms with E-state index in [0.717, 1.165) is 12.8 Å². The Bertz CT molecular complexity index is 649. The van der Waals surface area contributed by atoms with Crippen LogP contribution in [-0.4, -0.2) is 15.8 Å². The molecule has 1 N–H and O–H groups in total. The predicted molar refractivity (Wildman–Crippen MR) is 78.2 cm³/mol. The molecule has 0 radical (unpaired) electrons. The molecule has 0 amide bonds. The monoisotopic (exact) mass is 253 g/mol. The van der Waals surface area contributed by atoms with E-state index in [-0.39, 0.29) is 6.10 Å². The van der Waals surface area contributed by atoms with Crippen LogP contribution in [0, 0.1) is 0 Å². The van der Waals surface area contributed by atoms with E-state index in [1.165, 1.54) is 41.4 Å². The predicted octanol–water partition coefficient (Wildman–Crippen LogP) is 3.69. The zero-order valence-electron chi connectivity index (χ0n) is 11.0. The van der Waals surface area contributed by atoms with Crippen molar-refractivity contribution in [1.82, 2.24) is 4.57 Å². The largest absolute Gasteiger partial charge is 0.392 e. The molecule has 2 aromatic rings. The van der Waals surface area contributed by atoms with Crippen molar-refractivity contribution >= 4 is 17.0 Å². The van der Waals surface area contributed by atoms with E-state index in [1.54, 1.807) is 0 Å².